The van der Waals surface area contributed by atoms with Gasteiger partial charge in [0, 0.05) is 18.2 Å². The van der Waals surface area contributed by atoms with Crippen LogP contribution in [-0.4, -0.2) is 22.7 Å². The Kier molecular flexibility index (Phi) is 5.51. The number of hydrogen-bond donors (Lipinski definition) is 3. The third kappa shape index (κ3) is 4.08. The van der Waals surface area contributed by atoms with Crippen LogP contribution in [0.15, 0.2) is 36.4 Å². The highest BCUT2D eigenvalue weighted by molar-refractivity contribution is 5.96. The van der Waals surface area contributed by atoms with Crippen molar-refractivity contribution < 1.29 is 23.8 Å². The van der Waals surface area contributed by atoms with Gasteiger partial charge >= 0.3 is 0 Å². The topological polar surface area (TPSA) is 69.6 Å². The van der Waals surface area contributed by atoms with Gasteiger partial charge in [-0.3, -0.25) is 4.79 Å². The van der Waals surface area contributed by atoms with Gasteiger partial charge in [-0.25, -0.2) is 8.78 Å². The lowest BCUT2D eigenvalue weighted by Crippen LogP contribution is -2.28. The molecule has 0 fully saturated rings. The zero-order chi connectivity index (χ0) is 17.9. The van der Waals surface area contributed by atoms with Crippen LogP contribution >= 0.6 is 0 Å². The van der Waals surface area contributed by atoms with Crippen LogP contribution in [0, 0.1) is 11.6 Å². The molecule has 0 aliphatic carbocycles. The summed E-state index contributed by atoms with van der Waals surface area (Å²) in [5.41, 5.74) is 0.833. The highest BCUT2D eigenvalue weighted by atomic mass is 19.1. The fourth-order valence-electron chi connectivity index (χ4n) is 2.27. The molecule has 0 spiro atoms. The first-order valence-corrected chi connectivity index (χ1v) is 7.53. The molecule has 24 heavy (non-hydrogen) atoms. The summed E-state index contributed by atoms with van der Waals surface area (Å²) in [6, 6.07) is 7.54. The monoisotopic (exact) mass is 335 g/mol. The van der Waals surface area contributed by atoms with Crippen LogP contribution in [0.2, 0.25) is 0 Å². The molecule has 0 bridgehead atoms. The Labute approximate surface area is 138 Å². The van der Waals surface area contributed by atoms with Gasteiger partial charge in [0.1, 0.15) is 17.4 Å². The van der Waals surface area contributed by atoms with E-state index in [1.165, 1.54) is 12.1 Å². The molecule has 1 atom stereocenters. The predicted octanol–water partition coefficient (Wildman–Crippen LogP) is 3.26. The number of halogens is 2. The maximum Gasteiger partial charge on any atom is 0.255 e. The summed E-state index contributed by atoms with van der Waals surface area (Å²) in [6.45, 7) is 3.65. The Morgan fingerprint density at radius 1 is 1.17 bits per heavy atom. The molecule has 4 nitrogen and oxygen atoms in total. The summed E-state index contributed by atoms with van der Waals surface area (Å²) >= 11 is 0. The number of rotatable bonds is 5. The average molecular weight is 335 g/mol. The molecule has 128 valence electrons. The van der Waals surface area contributed by atoms with E-state index in [9.17, 15) is 23.8 Å². The lowest BCUT2D eigenvalue weighted by Gasteiger charge is -2.14. The number of phenolic OH excluding ortho intramolecular Hbond substituents is 1. The van der Waals surface area contributed by atoms with E-state index in [-0.39, 0.29) is 29.3 Å². The number of benzene rings is 2. The first-order valence-electron chi connectivity index (χ1n) is 7.53. The standard InChI is InChI=1S/C18H19F2NO3/c1-10(2)11-3-5-14(16(22)7-11)18(24)21-9-17(23)13-6-4-12(19)8-15(13)20/h3-8,10,17,22-23H,9H2,1-2H3,(H,21,24). The molecule has 0 saturated heterocycles. The number of phenols is 1. The number of nitrogens with one attached hydrogen (secondary N) is 1. The number of hydrogen-bond acceptors (Lipinski definition) is 3. The van der Waals surface area contributed by atoms with Gasteiger partial charge in [-0.15, -0.1) is 0 Å². The zero-order valence-electron chi connectivity index (χ0n) is 13.4. The van der Waals surface area contributed by atoms with Crippen molar-refractivity contribution in [3.05, 3.63) is 64.7 Å². The maximum atomic E-state index is 13.6. The smallest absolute Gasteiger partial charge is 0.255 e. The lowest BCUT2D eigenvalue weighted by molar-refractivity contribution is 0.0911. The van der Waals surface area contributed by atoms with Gasteiger partial charge in [-0.2, -0.15) is 0 Å². The molecule has 0 aliphatic rings. The van der Waals surface area contributed by atoms with E-state index >= 15 is 0 Å². The van der Waals surface area contributed by atoms with Crippen molar-refractivity contribution in [2.75, 3.05) is 6.54 Å². The molecule has 0 saturated carbocycles. The SMILES string of the molecule is CC(C)c1ccc(C(=O)NCC(O)c2ccc(F)cc2F)c(O)c1. The van der Waals surface area contributed by atoms with Crippen molar-refractivity contribution in [3.63, 3.8) is 0 Å². The first kappa shape index (κ1) is 17.9. The van der Waals surface area contributed by atoms with Crippen LogP contribution < -0.4 is 5.32 Å². The van der Waals surface area contributed by atoms with Crippen molar-refractivity contribution >= 4 is 5.91 Å². The summed E-state index contributed by atoms with van der Waals surface area (Å²) in [6.07, 6.45) is -1.33. The molecule has 6 heteroatoms. The average Bonchev–Trinajstić information content (AvgIpc) is 2.52. The fraction of sp³-hybridized carbons (Fsp3) is 0.278. The molecular formula is C18H19F2NO3. The molecule has 0 heterocycles. The predicted molar refractivity (Wildman–Crippen MR) is 85.8 cm³/mol. The first-order chi connectivity index (χ1) is 11.3. The van der Waals surface area contributed by atoms with Gasteiger partial charge in [0.2, 0.25) is 0 Å². The van der Waals surface area contributed by atoms with E-state index in [4.69, 9.17) is 0 Å². The normalized spacial score (nSPS) is 12.2. The maximum absolute atomic E-state index is 13.6. The largest absolute Gasteiger partial charge is 0.507 e. The van der Waals surface area contributed by atoms with Crippen LogP contribution in [0.25, 0.3) is 0 Å². The Balaban J connectivity index is 2.05. The van der Waals surface area contributed by atoms with Crippen molar-refractivity contribution in [2.24, 2.45) is 0 Å². The van der Waals surface area contributed by atoms with Crippen LogP contribution in [0.3, 0.4) is 0 Å². The molecule has 0 radical (unpaired) electrons. The van der Waals surface area contributed by atoms with Gasteiger partial charge in [0.05, 0.1) is 11.7 Å². The van der Waals surface area contributed by atoms with Crippen molar-refractivity contribution in [1.82, 2.24) is 5.32 Å². The van der Waals surface area contributed by atoms with Crippen LogP contribution in [0.1, 0.15) is 47.4 Å². The van der Waals surface area contributed by atoms with E-state index in [0.29, 0.717) is 6.07 Å². The fourth-order valence-corrected chi connectivity index (χ4v) is 2.27. The van der Waals surface area contributed by atoms with Crippen molar-refractivity contribution in [3.8, 4) is 5.75 Å². The molecule has 2 aromatic rings. The van der Waals surface area contributed by atoms with Gasteiger partial charge in [0.25, 0.3) is 5.91 Å². The van der Waals surface area contributed by atoms with Gasteiger partial charge < -0.3 is 15.5 Å². The van der Waals surface area contributed by atoms with E-state index in [0.717, 1.165) is 17.7 Å². The minimum absolute atomic E-state index is 0.0613. The van der Waals surface area contributed by atoms with Gasteiger partial charge in [0.15, 0.2) is 0 Å². The van der Waals surface area contributed by atoms with E-state index in [1.807, 2.05) is 13.8 Å². The highest BCUT2D eigenvalue weighted by Gasteiger charge is 2.17. The van der Waals surface area contributed by atoms with Crippen LogP contribution in [0.4, 0.5) is 8.78 Å². The molecule has 0 aliphatic heterocycles. The highest BCUT2D eigenvalue weighted by Crippen LogP contribution is 2.24. The van der Waals surface area contributed by atoms with Gasteiger partial charge in [-0.05, 0) is 29.7 Å². The van der Waals surface area contributed by atoms with E-state index < -0.39 is 23.6 Å². The Morgan fingerprint density at radius 3 is 2.46 bits per heavy atom. The van der Waals surface area contributed by atoms with Gasteiger partial charge in [-0.1, -0.05) is 26.0 Å². The summed E-state index contributed by atoms with van der Waals surface area (Å²) in [5, 5.41) is 22.3. The van der Waals surface area contributed by atoms with E-state index in [2.05, 4.69) is 5.32 Å². The second kappa shape index (κ2) is 7.40. The second-order valence-electron chi connectivity index (χ2n) is 5.82. The number of amides is 1. The van der Waals surface area contributed by atoms with Crippen LogP contribution in [-0.2, 0) is 0 Å². The number of carbonyl (C=O) groups excluding carboxylic acids is 1. The number of aliphatic hydroxyl groups excluding tert-OH is 1. The van der Waals surface area contributed by atoms with Crippen LogP contribution in [0.5, 0.6) is 5.75 Å². The zero-order valence-corrected chi connectivity index (χ0v) is 13.4. The number of aliphatic hydroxyl groups is 1. The summed E-state index contributed by atoms with van der Waals surface area (Å²) < 4.78 is 26.4. The summed E-state index contributed by atoms with van der Waals surface area (Å²) in [7, 11) is 0. The molecule has 2 rings (SSSR count). The van der Waals surface area contributed by atoms with E-state index in [1.54, 1.807) is 6.07 Å². The summed E-state index contributed by atoms with van der Waals surface area (Å²) in [5.74, 6) is -2.19. The molecular weight excluding hydrogens is 316 g/mol. The quantitative estimate of drug-likeness (QED) is 0.785. The molecule has 1 unspecified atom stereocenters. The molecule has 3 N–H and O–H groups in total. The Hall–Kier alpha value is -2.47. The third-order valence-corrected chi connectivity index (χ3v) is 3.71. The molecule has 0 aromatic heterocycles. The number of aromatic hydroxyl groups is 1. The minimum Gasteiger partial charge on any atom is -0.507 e. The third-order valence-electron chi connectivity index (χ3n) is 3.71. The lowest BCUT2D eigenvalue weighted by atomic mass is 10.0. The summed E-state index contributed by atoms with van der Waals surface area (Å²) in [4.78, 5) is 12.1. The second-order valence-corrected chi connectivity index (χ2v) is 5.82. The minimum atomic E-state index is -1.33. The Bertz CT molecular complexity index is 747. The van der Waals surface area contributed by atoms with Crippen molar-refractivity contribution in [1.29, 1.82) is 0 Å². The number of carbonyl (C=O) groups is 1. The Morgan fingerprint density at radius 2 is 1.88 bits per heavy atom. The molecule has 2 aromatic carbocycles. The van der Waals surface area contributed by atoms with Crippen molar-refractivity contribution in [2.45, 2.75) is 25.9 Å². The molecule has 1 amide bonds.